The van der Waals surface area contributed by atoms with Gasteiger partial charge in [-0.15, -0.1) is 0 Å². The summed E-state index contributed by atoms with van der Waals surface area (Å²) in [5.41, 5.74) is 11.8. The highest BCUT2D eigenvalue weighted by Crippen LogP contribution is 2.39. The van der Waals surface area contributed by atoms with Crippen LogP contribution >= 0.6 is 0 Å². The number of hydrogen-bond donors (Lipinski definition) is 5. The number of halogens is 1. The molecule has 2 unspecified atom stereocenters. The van der Waals surface area contributed by atoms with E-state index in [4.69, 9.17) is 16.3 Å². The van der Waals surface area contributed by atoms with Crippen LogP contribution in [0, 0.1) is 5.92 Å². The van der Waals surface area contributed by atoms with Crippen molar-refractivity contribution in [3.63, 3.8) is 0 Å². The van der Waals surface area contributed by atoms with Crippen molar-refractivity contribution in [2.75, 3.05) is 23.6 Å². The number of fused-ring (bicyclic) bond motifs is 1. The van der Waals surface area contributed by atoms with E-state index in [1.54, 1.807) is 31.5 Å². The number of amides is 1. The second-order valence-corrected chi connectivity index (χ2v) is 6.43. The lowest BCUT2D eigenvalue weighted by Crippen LogP contribution is -2.15. The van der Waals surface area contributed by atoms with Gasteiger partial charge in [0.05, 0.1) is 24.4 Å². The smallest absolute Gasteiger partial charge is 0.231 e. The molecule has 8 nitrogen and oxygen atoms in total. The third-order valence-corrected chi connectivity index (χ3v) is 4.66. The van der Waals surface area contributed by atoms with E-state index in [1.807, 2.05) is 6.07 Å². The van der Waals surface area contributed by atoms with Crippen LogP contribution in [0.15, 0.2) is 30.5 Å². The lowest BCUT2D eigenvalue weighted by atomic mass is 10.0. The molecule has 1 aliphatic rings. The minimum absolute atomic E-state index is 0.273. The number of nitrogen functional groups attached to an aromatic ring is 2. The Morgan fingerprint density at radius 1 is 1.37 bits per heavy atom. The first-order valence-corrected chi connectivity index (χ1v) is 8.39. The number of anilines is 3. The highest BCUT2D eigenvalue weighted by Gasteiger charge is 2.43. The summed E-state index contributed by atoms with van der Waals surface area (Å²) in [6.45, 7) is 0. The van der Waals surface area contributed by atoms with Gasteiger partial charge in [0.1, 0.15) is 23.4 Å². The molecule has 4 rings (SSSR count). The Labute approximate surface area is 154 Å². The summed E-state index contributed by atoms with van der Waals surface area (Å²) in [6, 6.07) is 6.99. The van der Waals surface area contributed by atoms with Gasteiger partial charge in [0, 0.05) is 28.8 Å². The molecule has 140 valence electrons. The number of rotatable bonds is 5. The molecule has 2 aromatic heterocycles. The maximum absolute atomic E-state index is 13.0. The van der Waals surface area contributed by atoms with Crippen molar-refractivity contribution in [2.24, 2.45) is 11.8 Å². The van der Waals surface area contributed by atoms with E-state index >= 15 is 0 Å². The maximum atomic E-state index is 13.0. The molecule has 1 fully saturated rings. The highest BCUT2D eigenvalue weighted by atomic mass is 19.1. The summed E-state index contributed by atoms with van der Waals surface area (Å²) >= 11 is 0. The summed E-state index contributed by atoms with van der Waals surface area (Å²) in [6.07, 6.45) is 1.01. The molecule has 1 amide bonds. The van der Waals surface area contributed by atoms with Gasteiger partial charge in [-0.3, -0.25) is 10.6 Å². The molecule has 0 aliphatic heterocycles. The Bertz CT molecular complexity index is 1030. The van der Waals surface area contributed by atoms with Crippen molar-refractivity contribution in [1.29, 1.82) is 0 Å². The molecular weight excluding hydrogens is 351 g/mol. The summed E-state index contributed by atoms with van der Waals surface area (Å²) < 4.78 is 18.5. The fourth-order valence-electron chi connectivity index (χ4n) is 3.05. The second-order valence-electron chi connectivity index (χ2n) is 6.43. The standard InChI is InChI=1S/C18H19FN6O2/c1-27-15-6-14(25-21)13(20)5-9(15)11-7-22-17-8(11)2-3-16(23-17)24-18(26)10-4-12(10)19/h2-3,5-7,10,12,25H,4,20-21H2,1H3,(H2,22,23,24,26). The van der Waals surface area contributed by atoms with Crippen LogP contribution in [-0.4, -0.2) is 29.2 Å². The SMILES string of the molecule is COc1cc(NN)c(N)cc1-c1c[nH]c2nc(NC(=O)C3CC3F)ccc12. The number of benzene rings is 1. The average Bonchev–Trinajstić information content (AvgIpc) is 3.25. The average molecular weight is 370 g/mol. The molecule has 2 heterocycles. The van der Waals surface area contributed by atoms with Crippen molar-refractivity contribution in [3.05, 3.63) is 30.5 Å². The fraction of sp³-hybridized carbons (Fsp3) is 0.222. The van der Waals surface area contributed by atoms with Gasteiger partial charge >= 0.3 is 0 Å². The van der Waals surface area contributed by atoms with Gasteiger partial charge in [0.15, 0.2) is 0 Å². The minimum atomic E-state index is -1.05. The van der Waals surface area contributed by atoms with Crippen LogP contribution in [0.5, 0.6) is 5.75 Å². The monoisotopic (exact) mass is 370 g/mol. The van der Waals surface area contributed by atoms with Crippen LogP contribution < -0.4 is 27.1 Å². The minimum Gasteiger partial charge on any atom is -0.496 e. The van der Waals surface area contributed by atoms with Crippen LogP contribution in [0.1, 0.15) is 6.42 Å². The summed E-state index contributed by atoms with van der Waals surface area (Å²) in [5, 5.41) is 3.47. The number of aromatic nitrogens is 2. The molecule has 27 heavy (non-hydrogen) atoms. The van der Waals surface area contributed by atoms with Gasteiger partial charge in [-0.2, -0.15) is 0 Å². The molecule has 0 bridgehead atoms. The number of carbonyl (C=O) groups excluding carboxylic acids is 1. The summed E-state index contributed by atoms with van der Waals surface area (Å²) in [5.74, 6) is 5.52. The van der Waals surface area contributed by atoms with E-state index in [2.05, 4.69) is 20.7 Å². The van der Waals surface area contributed by atoms with E-state index in [1.165, 1.54) is 0 Å². The zero-order valence-corrected chi connectivity index (χ0v) is 14.5. The number of alkyl halides is 1. The number of nitrogens with zero attached hydrogens (tertiary/aromatic N) is 1. The summed E-state index contributed by atoms with van der Waals surface area (Å²) in [7, 11) is 1.56. The molecule has 3 aromatic rings. The number of hydrazine groups is 1. The Morgan fingerprint density at radius 3 is 2.81 bits per heavy atom. The largest absolute Gasteiger partial charge is 0.496 e. The predicted molar refractivity (Wildman–Crippen MR) is 102 cm³/mol. The van der Waals surface area contributed by atoms with Crippen LogP contribution in [-0.2, 0) is 4.79 Å². The number of carbonyl (C=O) groups is 1. The lowest BCUT2D eigenvalue weighted by molar-refractivity contribution is -0.117. The van der Waals surface area contributed by atoms with E-state index in [-0.39, 0.29) is 12.3 Å². The molecule has 0 radical (unpaired) electrons. The quantitative estimate of drug-likeness (QED) is 0.266. The Balaban J connectivity index is 1.70. The number of H-pyrrole nitrogens is 1. The fourth-order valence-corrected chi connectivity index (χ4v) is 3.05. The molecule has 1 aliphatic carbocycles. The van der Waals surface area contributed by atoms with Crippen molar-refractivity contribution >= 4 is 34.1 Å². The predicted octanol–water partition coefficient (Wildman–Crippen LogP) is 2.40. The van der Waals surface area contributed by atoms with Crippen LogP contribution in [0.2, 0.25) is 0 Å². The zero-order chi connectivity index (χ0) is 19.1. The van der Waals surface area contributed by atoms with E-state index in [9.17, 15) is 9.18 Å². The van der Waals surface area contributed by atoms with Crippen molar-refractivity contribution in [2.45, 2.75) is 12.6 Å². The van der Waals surface area contributed by atoms with Gasteiger partial charge in [0.25, 0.3) is 0 Å². The first-order chi connectivity index (χ1) is 13.0. The van der Waals surface area contributed by atoms with Gasteiger partial charge in [-0.05, 0) is 24.6 Å². The molecule has 0 saturated heterocycles. The second kappa shape index (κ2) is 6.44. The molecule has 0 spiro atoms. The normalized spacial score (nSPS) is 18.3. The molecule has 9 heteroatoms. The molecule has 2 atom stereocenters. The number of ether oxygens (including phenoxy) is 1. The lowest BCUT2D eigenvalue weighted by Gasteiger charge is -2.12. The summed E-state index contributed by atoms with van der Waals surface area (Å²) in [4.78, 5) is 19.4. The van der Waals surface area contributed by atoms with Crippen LogP contribution in [0.25, 0.3) is 22.2 Å². The number of nitrogens with two attached hydrogens (primary N) is 2. The first-order valence-electron chi connectivity index (χ1n) is 8.39. The van der Waals surface area contributed by atoms with Gasteiger partial charge in [-0.25, -0.2) is 9.37 Å². The van der Waals surface area contributed by atoms with E-state index < -0.39 is 12.1 Å². The van der Waals surface area contributed by atoms with E-state index in [0.717, 1.165) is 16.5 Å². The number of methoxy groups -OCH3 is 1. The highest BCUT2D eigenvalue weighted by molar-refractivity contribution is 5.99. The van der Waals surface area contributed by atoms with Gasteiger partial charge < -0.3 is 26.2 Å². The molecule has 1 saturated carbocycles. The molecule has 1 aromatic carbocycles. The Morgan fingerprint density at radius 2 is 2.15 bits per heavy atom. The number of pyridine rings is 1. The van der Waals surface area contributed by atoms with Crippen LogP contribution in [0.4, 0.5) is 21.6 Å². The number of aromatic amines is 1. The van der Waals surface area contributed by atoms with Crippen LogP contribution in [0.3, 0.4) is 0 Å². The van der Waals surface area contributed by atoms with Gasteiger partial charge in [0.2, 0.25) is 5.91 Å². The van der Waals surface area contributed by atoms with Crippen molar-refractivity contribution in [3.8, 4) is 16.9 Å². The third-order valence-electron chi connectivity index (χ3n) is 4.66. The van der Waals surface area contributed by atoms with Crippen molar-refractivity contribution < 1.29 is 13.9 Å². The Kier molecular flexibility index (Phi) is 4.08. The number of nitrogens with one attached hydrogen (secondary N) is 3. The number of hydrogen-bond acceptors (Lipinski definition) is 6. The first kappa shape index (κ1) is 17.1. The van der Waals surface area contributed by atoms with E-state index in [0.29, 0.717) is 28.6 Å². The van der Waals surface area contributed by atoms with Gasteiger partial charge in [-0.1, -0.05) is 0 Å². The topological polar surface area (TPSA) is 131 Å². The Hall–Kier alpha value is -3.33. The molecule has 7 N–H and O–H groups in total. The third kappa shape index (κ3) is 3.02. The maximum Gasteiger partial charge on any atom is 0.231 e. The molecular formula is C18H19FN6O2. The zero-order valence-electron chi connectivity index (χ0n) is 14.5. The van der Waals surface area contributed by atoms with Crippen molar-refractivity contribution in [1.82, 2.24) is 9.97 Å².